The second-order valence-corrected chi connectivity index (χ2v) is 7.88. The summed E-state index contributed by atoms with van der Waals surface area (Å²) in [4.78, 5) is 15.0. The molecule has 0 saturated heterocycles. The van der Waals surface area contributed by atoms with Crippen molar-refractivity contribution in [2.75, 3.05) is 0 Å². The van der Waals surface area contributed by atoms with E-state index in [0.717, 1.165) is 22.0 Å². The highest BCUT2D eigenvalue weighted by molar-refractivity contribution is 6.31. The lowest BCUT2D eigenvalue weighted by molar-refractivity contribution is -0.139. The number of carboxylic acid groups (broad SMARTS) is 1. The lowest BCUT2D eigenvalue weighted by atomic mass is 10.0. The SMILES string of the molecule is O=C(O)[C@H](Cc1c[nH]c2ccccc12)NCc1ccc(OCc2c(F)cccc2Cl)cc1. The predicted octanol–water partition coefficient (Wildman–Crippen LogP) is 5.32. The molecule has 0 aliphatic carbocycles. The monoisotopic (exact) mass is 452 g/mol. The zero-order valence-electron chi connectivity index (χ0n) is 17.1. The summed E-state index contributed by atoms with van der Waals surface area (Å²) in [5.74, 6) is -0.744. The summed E-state index contributed by atoms with van der Waals surface area (Å²) < 4.78 is 19.5. The Hall–Kier alpha value is -3.35. The first-order valence-electron chi connectivity index (χ1n) is 10.2. The number of aromatic amines is 1. The number of hydrogen-bond acceptors (Lipinski definition) is 3. The van der Waals surface area contributed by atoms with Crippen molar-refractivity contribution in [2.24, 2.45) is 0 Å². The third-order valence-electron chi connectivity index (χ3n) is 5.32. The van der Waals surface area contributed by atoms with Crippen molar-refractivity contribution in [2.45, 2.75) is 25.6 Å². The average molecular weight is 453 g/mol. The maximum atomic E-state index is 13.9. The highest BCUT2D eigenvalue weighted by Gasteiger charge is 2.19. The molecule has 3 N–H and O–H groups in total. The standard InChI is InChI=1S/C25H22ClFN2O3/c26-21-5-3-6-22(27)20(21)15-32-18-10-8-16(9-11-18)13-28-24(25(30)31)12-17-14-29-23-7-2-1-4-19(17)23/h1-11,14,24,28-29H,12-13,15H2,(H,30,31)/t24-/m0/s1. The van der Waals surface area contributed by atoms with Crippen molar-refractivity contribution in [1.82, 2.24) is 10.3 Å². The van der Waals surface area contributed by atoms with Crippen molar-refractivity contribution in [3.8, 4) is 5.75 Å². The number of H-pyrrole nitrogens is 1. The first-order chi connectivity index (χ1) is 15.5. The molecule has 0 bridgehead atoms. The van der Waals surface area contributed by atoms with Gasteiger partial charge in [0.05, 0.1) is 5.02 Å². The van der Waals surface area contributed by atoms with E-state index in [2.05, 4.69) is 10.3 Å². The molecule has 164 valence electrons. The maximum absolute atomic E-state index is 13.9. The molecule has 0 fully saturated rings. The van der Waals surface area contributed by atoms with Gasteiger partial charge in [-0.15, -0.1) is 0 Å². The second kappa shape index (κ2) is 9.85. The minimum absolute atomic E-state index is 0.0226. The van der Waals surface area contributed by atoms with Crippen LogP contribution >= 0.6 is 11.6 Å². The van der Waals surface area contributed by atoms with Crippen molar-refractivity contribution in [1.29, 1.82) is 0 Å². The molecule has 0 aliphatic rings. The molecule has 0 amide bonds. The highest BCUT2D eigenvalue weighted by Crippen LogP contribution is 2.22. The minimum atomic E-state index is -0.906. The van der Waals surface area contributed by atoms with E-state index in [1.165, 1.54) is 6.07 Å². The molecule has 0 aliphatic heterocycles. The van der Waals surface area contributed by atoms with Gasteiger partial charge in [0, 0.05) is 35.6 Å². The number of hydrogen-bond donors (Lipinski definition) is 3. The van der Waals surface area contributed by atoms with Crippen molar-refractivity contribution >= 4 is 28.5 Å². The van der Waals surface area contributed by atoms with Gasteiger partial charge in [-0.3, -0.25) is 4.79 Å². The Morgan fingerprint density at radius 2 is 1.88 bits per heavy atom. The van der Waals surface area contributed by atoms with E-state index in [9.17, 15) is 14.3 Å². The summed E-state index contributed by atoms with van der Waals surface area (Å²) in [5, 5.41) is 14.1. The third kappa shape index (κ3) is 5.10. The Morgan fingerprint density at radius 1 is 1.09 bits per heavy atom. The number of nitrogens with one attached hydrogen (secondary N) is 2. The number of fused-ring (bicyclic) bond motifs is 1. The van der Waals surface area contributed by atoms with Crippen LogP contribution in [0.25, 0.3) is 10.9 Å². The van der Waals surface area contributed by atoms with E-state index in [1.54, 1.807) is 24.3 Å². The third-order valence-corrected chi connectivity index (χ3v) is 5.67. The molecule has 1 aromatic heterocycles. The van der Waals surface area contributed by atoms with Crippen LogP contribution in [-0.2, 0) is 24.4 Å². The van der Waals surface area contributed by atoms with Crippen LogP contribution in [0.4, 0.5) is 4.39 Å². The Bertz CT molecular complexity index is 1200. The van der Waals surface area contributed by atoms with Gasteiger partial charge in [0.15, 0.2) is 0 Å². The van der Waals surface area contributed by atoms with Gasteiger partial charge < -0.3 is 20.1 Å². The quantitative estimate of drug-likeness (QED) is 0.321. The van der Waals surface area contributed by atoms with Crippen LogP contribution in [0.2, 0.25) is 5.02 Å². The van der Waals surface area contributed by atoms with Crippen molar-refractivity contribution in [3.05, 3.63) is 100 Å². The summed E-state index contributed by atoms with van der Waals surface area (Å²) >= 11 is 6.02. The van der Waals surface area contributed by atoms with Gasteiger partial charge in [-0.25, -0.2) is 4.39 Å². The van der Waals surface area contributed by atoms with Gasteiger partial charge in [0.2, 0.25) is 0 Å². The number of ether oxygens (including phenoxy) is 1. The molecular formula is C25H22ClFN2O3. The summed E-state index contributed by atoms with van der Waals surface area (Å²) in [6, 6.07) is 18.8. The van der Waals surface area contributed by atoms with Crippen LogP contribution in [0.3, 0.4) is 0 Å². The zero-order chi connectivity index (χ0) is 22.5. The minimum Gasteiger partial charge on any atom is -0.489 e. The van der Waals surface area contributed by atoms with Gasteiger partial charge in [-0.05, 0) is 41.5 Å². The van der Waals surface area contributed by atoms with Gasteiger partial charge in [-0.2, -0.15) is 0 Å². The molecule has 0 radical (unpaired) electrons. The molecule has 0 unspecified atom stereocenters. The maximum Gasteiger partial charge on any atom is 0.321 e. The fraction of sp³-hybridized carbons (Fsp3) is 0.160. The first-order valence-corrected chi connectivity index (χ1v) is 10.5. The van der Waals surface area contributed by atoms with E-state index in [4.69, 9.17) is 16.3 Å². The topological polar surface area (TPSA) is 74.3 Å². The van der Waals surface area contributed by atoms with E-state index < -0.39 is 17.8 Å². The largest absolute Gasteiger partial charge is 0.489 e. The lowest BCUT2D eigenvalue weighted by Crippen LogP contribution is -2.38. The Morgan fingerprint density at radius 3 is 2.62 bits per heavy atom. The van der Waals surface area contributed by atoms with Crippen LogP contribution in [0.1, 0.15) is 16.7 Å². The van der Waals surface area contributed by atoms with Crippen molar-refractivity contribution < 1.29 is 19.0 Å². The number of carbonyl (C=O) groups is 1. The average Bonchev–Trinajstić information content (AvgIpc) is 3.20. The van der Waals surface area contributed by atoms with E-state index in [1.807, 2.05) is 42.6 Å². The van der Waals surface area contributed by atoms with E-state index in [-0.39, 0.29) is 6.61 Å². The second-order valence-electron chi connectivity index (χ2n) is 7.47. The molecule has 0 saturated carbocycles. The summed E-state index contributed by atoms with van der Waals surface area (Å²) in [6.07, 6.45) is 2.22. The predicted molar refractivity (Wildman–Crippen MR) is 122 cm³/mol. The molecule has 3 aromatic carbocycles. The number of para-hydroxylation sites is 1. The highest BCUT2D eigenvalue weighted by atomic mass is 35.5. The van der Waals surface area contributed by atoms with Crippen LogP contribution < -0.4 is 10.1 Å². The normalized spacial score (nSPS) is 12.1. The summed E-state index contributed by atoms with van der Waals surface area (Å²) in [5.41, 5.74) is 3.16. The fourth-order valence-electron chi connectivity index (χ4n) is 3.54. The molecule has 7 heteroatoms. The first kappa shape index (κ1) is 21.9. The molecular weight excluding hydrogens is 431 g/mol. The smallest absolute Gasteiger partial charge is 0.321 e. The van der Waals surface area contributed by atoms with Gasteiger partial charge in [0.1, 0.15) is 24.2 Å². The number of aromatic nitrogens is 1. The number of carboxylic acids is 1. The Labute approximate surface area is 189 Å². The Kier molecular flexibility index (Phi) is 6.73. The molecule has 5 nitrogen and oxygen atoms in total. The van der Waals surface area contributed by atoms with Gasteiger partial charge in [0.25, 0.3) is 0 Å². The number of benzene rings is 3. The fourth-order valence-corrected chi connectivity index (χ4v) is 3.76. The molecule has 1 heterocycles. The van der Waals surface area contributed by atoms with Crippen LogP contribution in [0, 0.1) is 5.82 Å². The van der Waals surface area contributed by atoms with E-state index >= 15 is 0 Å². The van der Waals surface area contributed by atoms with Crippen LogP contribution in [-0.4, -0.2) is 22.1 Å². The molecule has 1 atom stereocenters. The van der Waals surface area contributed by atoms with Gasteiger partial charge in [-0.1, -0.05) is 48.0 Å². The van der Waals surface area contributed by atoms with Crippen LogP contribution in [0.5, 0.6) is 5.75 Å². The molecule has 4 aromatic rings. The van der Waals surface area contributed by atoms with Crippen LogP contribution in [0.15, 0.2) is 72.9 Å². The van der Waals surface area contributed by atoms with Gasteiger partial charge >= 0.3 is 5.97 Å². The molecule has 4 rings (SSSR count). The number of rotatable bonds is 9. The summed E-state index contributed by atoms with van der Waals surface area (Å²) in [6.45, 7) is 0.410. The molecule has 32 heavy (non-hydrogen) atoms. The number of aliphatic carboxylic acids is 1. The van der Waals surface area contributed by atoms with E-state index in [0.29, 0.717) is 29.3 Å². The summed E-state index contributed by atoms with van der Waals surface area (Å²) in [7, 11) is 0. The number of halogens is 2. The Balaban J connectivity index is 1.35. The van der Waals surface area contributed by atoms with Crippen molar-refractivity contribution in [3.63, 3.8) is 0 Å². The lowest BCUT2D eigenvalue weighted by Gasteiger charge is -2.15. The molecule has 0 spiro atoms. The zero-order valence-corrected chi connectivity index (χ0v) is 17.9.